The summed E-state index contributed by atoms with van der Waals surface area (Å²) in [5, 5.41) is 12.2. The van der Waals surface area contributed by atoms with Gasteiger partial charge < -0.3 is 5.32 Å². The van der Waals surface area contributed by atoms with Crippen molar-refractivity contribution in [2.45, 2.75) is 13.5 Å². The average Bonchev–Trinajstić information content (AvgIpc) is 2.37. The summed E-state index contributed by atoms with van der Waals surface area (Å²) in [6.07, 6.45) is 0. The van der Waals surface area contributed by atoms with Crippen molar-refractivity contribution in [1.29, 1.82) is 5.26 Å². The zero-order chi connectivity index (χ0) is 13.0. The summed E-state index contributed by atoms with van der Waals surface area (Å²) in [5.41, 5.74) is 4.12. The fourth-order valence-corrected chi connectivity index (χ4v) is 2.16. The number of hydrogen-bond acceptors (Lipinski definition) is 2. The lowest BCUT2D eigenvalue weighted by Gasteiger charge is -2.09. The number of aryl methyl sites for hydroxylation is 1. The van der Waals surface area contributed by atoms with Crippen molar-refractivity contribution in [1.82, 2.24) is 0 Å². The van der Waals surface area contributed by atoms with Crippen LogP contribution in [0.3, 0.4) is 0 Å². The van der Waals surface area contributed by atoms with E-state index in [9.17, 15) is 0 Å². The molecule has 0 aromatic heterocycles. The molecule has 0 saturated carbocycles. The van der Waals surface area contributed by atoms with Gasteiger partial charge in [0, 0.05) is 16.7 Å². The Morgan fingerprint density at radius 1 is 1.22 bits per heavy atom. The van der Waals surface area contributed by atoms with Gasteiger partial charge in [0.2, 0.25) is 0 Å². The molecule has 0 spiro atoms. The van der Waals surface area contributed by atoms with Crippen molar-refractivity contribution in [2.75, 3.05) is 5.32 Å². The van der Waals surface area contributed by atoms with E-state index in [0.717, 1.165) is 22.3 Å². The van der Waals surface area contributed by atoms with Gasteiger partial charge in [0.25, 0.3) is 0 Å². The molecule has 0 aliphatic heterocycles. The number of hydrogen-bond donors (Lipinski definition) is 1. The second-order valence-corrected chi connectivity index (χ2v) is 5.03. The SMILES string of the molecule is Cc1cc(C#N)ccc1CNc1cccc(Br)c1. The van der Waals surface area contributed by atoms with Crippen molar-refractivity contribution >= 4 is 21.6 Å². The van der Waals surface area contributed by atoms with Crippen molar-refractivity contribution in [3.63, 3.8) is 0 Å². The van der Waals surface area contributed by atoms with Gasteiger partial charge in [-0.3, -0.25) is 0 Å². The Kier molecular flexibility index (Phi) is 4.01. The molecule has 0 unspecified atom stereocenters. The first-order valence-electron chi connectivity index (χ1n) is 5.68. The molecular formula is C15H13BrN2. The van der Waals surface area contributed by atoms with Crippen molar-refractivity contribution in [3.8, 4) is 6.07 Å². The predicted molar refractivity (Wildman–Crippen MR) is 77.4 cm³/mol. The summed E-state index contributed by atoms with van der Waals surface area (Å²) in [6, 6.07) is 16.0. The lowest BCUT2D eigenvalue weighted by molar-refractivity contribution is 1.12. The maximum atomic E-state index is 8.82. The van der Waals surface area contributed by atoms with E-state index < -0.39 is 0 Å². The number of nitrogens with zero attached hydrogens (tertiary/aromatic N) is 1. The lowest BCUT2D eigenvalue weighted by Crippen LogP contribution is -2.01. The fourth-order valence-electron chi connectivity index (χ4n) is 1.76. The van der Waals surface area contributed by atoms with E-state index >= 15 is 0 Å². The van der Waals surface area contributed by atoms with Crippen molar-refractivity contribution < 1.29 is 0 Å². The summed E-state index contributed by atoms with van der Waals surface area (Å²) in [4.78, 5) is 0. The number of benzene rings is 2. The van der Waals surface area contributed by atoms with E-state index in [-0.39, 0.29) is 0 Å². The second kappa shape index (κ2) is 5.70. The molecule has 0 atom stereocenters. The van der Waals surface area contributed by atoms with Crippen molar-refractivity contribution in [3.05, 3.63) is 63.6 Å². The number of nitriles is 1. The number of halogens is 1. The van der Waals surface area contributed by atoms with Crippen LogP contribution in [-0.2, 0) is 6.54 Å². The van der Waals surface area contributed by atoms with Gasteiger partial charge >= 0.3 is 0 Å². The quantitative estimate of drug-likeness (QED) is 0.920. The Balaban J connectivity index is 2.09. The summed E-state index contributed by atoms with van der Waals surface area (Å²) in [6.45, 7) is 2.78. The summed E-state index contributed by atoms with van der Waals surface area (Å²) in [7, 11) is 0. The molecule has 1 N–H and O–H groups in total. The molecule has 0 heterocycles. The Morgan fingerprint density at radius 2 is 2.06 bits per heavy atom. The van der Waals surface area contributed by atoms with Gasteiger partial charge in [-0.15, -0.1) is 0 Å². The smallest absolute Gasteiger partial charge is 0.0991 e. The molecule has 3 heteroatoms. The molecule has 0 fully saturated rings. The van der Waals surface area contributed by atoms with Crippen LogP contribution in [0.2, 0.25) is 0 Å². The third-order valence-corrected chi connectivity index (χ3v) is 3.27. The van der Waals surface area contributed by atoms with Crippen molar-refractivity contribution in [2.24, 2.45) is 0 Å². The average molecular weight is 301 g/mol. The molecule has 18 heavy (non-hydrogen) atoms. The molecule has 0 radical (unpaired) electrons. The summed E-state index contributed by atoms with van der Waals surface area (Å²) >= 11 is 3.45. The van der Waals surface area contributed by atoms with Gasteiger partial charge in [-0.05, 0) is 48.4 Å². The summed E-state index contributed by atoms with van der Waals surface area (Å²) in [5.74, 6) is 0. The maximum absolute atomic E-state index is 8.82. The summed E-state index contributed by atoms with van der Waals surface area (Å²) < 4.78 is 1.06. The number of nitrogens with one attached hydrogen (secondary N) is 1. The van der Waals surface area contributed by atoms with Crippen LogP contribution in [0.4, 0.5) is 5.69 Å². The maximum Gasteiger partial charge on any atom is 0.0991 e. The molecule has 0 bridgehead atoms. The van der Waals surface area contributed by atoms with Crippen LogP contribution in [0.1, 0.15) is 16.7 Å². The van der Waals surface area contributed by atoms with E-state index in [4.69, 9.17) is 5.26 Å². The largest absolute Gasteiger partial charge is 0.381 e. The van der Waals surface area contributed by atoms with Crippen LogP contribution < -0.4 is 5.32 Å². The van der Waals surface area contributed by atoms with Crippen LogP contribution in [-0.4, -0.2) is 0 Å². The third kappa shape index (κ3) is 3.12. The monoisotopic (exact) mass is 300 g/mol. The van der Waals surface area contributed by atoms with Gasteiger partial charge in [-0.2, -0.15) is 5.26 Å². The Labute approximate surface area is 115 Å². The lowest BCUT2D eigenvalue weighted by atomic mass is 10.1. The van der Waals surface area contributed by atoms with Gasteiger partial charge in [-0.25, -0.2) is 0 Å². The standard InChI is InChI=1S/C15H13BrN2/c1-11-7-12(9-17)5-6-13(11)10-18-15-4-2-3-14(16)8-15/h2-8,18H,10H2,1H3. The molecule has 0 aliphatic rings. The number of rotatable bonds is 3. The van der Waals surface area contributed by atoms with Gasteiger partial charge in [0.15, 0.2) is 0 Å². The highest BCUT2D eigenvalue weighted by Crippen LogP contribution is 2.17. The van der Waals surface area contributed by atoms with Gasteiger partial charge in [0.1, 0.15) is 0 Å². The molecule has 2 aromatic rings. The Hall–Kier alpha value is -1.79. The van der Waals surface area contributed by atoms with Crippen LogP contribution in [0.5, 0.6) is 0 Å². The fraction of sp³-hybridized carbons (Fsp3) is 0.133. The first-order chi connectivity index (χ1) is 8.69. The van der Waals surface area contributed by atoms with E-state index in [1.165, 1.54) is 5.56 Å². The first kappa shape index (κ1) is 12.7. The second-order valence-electron chi connectivity index (χ2n) is 4.12. The molecule has 0 saturated heterocycles. The third-order valence-electron chi connectivity index (χ3n) is 2.78. The normalized spacial score (nSPS) is 9.83. The molecule has 2 nitrogen and oxygen atoms in total. The Morgan fingerprint density at radius 3 is 2.72 bits per heavy atom. The minimum atomic E-state index is 0.707. The Bertz CT molecular complexity index is 600. The van der Waals surface area contributed by atoms with E-state index in [1.54, 1.807) is 0 Å². The number of anilines is 1. The molecular weight excluding hydrogens is 288 g/mol. The van der Waals surface area contributed by atoms with Crippen LogP contribution in [0.15, 0.2) is 46.9 Å². The molecule has 90 valence electrons. The van der Waals surface area contributed by atoms with Crippen LogP contribution >= 0.6 is 15.9 Å². The topological polar surface area (TPSA) is 35.8 Å². The highest BCUT2D eigenvalue weighted by molar-refractivity contribution is 9.10. The minimum absolute atomic E-state index is 0.707. The minimum Gasteiger partial charge on any atom is -0.381 e. The van der Waals surface area contributed by atoms with Gasteiger partial charge in [-0.1, -0.05) is 28.1 Å². The van der Waals surface area contributed by atoms with E-state index in [0.29, 0.717) is 5.56 Å². The van der Waals surface area contributed by atoms with Gasteiger partial charge in [0.05, 0.1) is 11.6 Å². The highest BCUT2D eigenvalue weighted by atomic mass is 79.9. The van der Waals surface area contributed by atoms with E-state index in [1.807, 2.05) is 49.4 Å². The predicted octanol–water partition coefficient (Wildman–Crippen LogP) is 4.24. The highest BCUT2D eigenvalue weighted by Gasteiger charge is 2.00. The van der Waals surface area contributed by atoms with Crippen LogP contribution in [0.25, 0.3) is 0 Å². The molecule has 0 amide bonds. The van der Waals surface area contributed by atoms with E-state index in [2.05, 4.69) is 27.3 Å². The zero-order valence-electron chi connectivity index (χ0n) is 10.1. The first-order valence-corrected chi connectivity index (χ1v) is 6.47. The zero-order valence-corrected chi connectivity index (χ0v) is 11.7. The molecule has 0 aliphatic carbocycles. The van der Waals surface area contributed by atoms with Crippen LogP contribution in [0, 0.1) is 18.3 Å². The molecule has 2 aromatic carbocycles. The molecule has 2 rings (SSSR count).